The molecule has 0 aromatic heterocycles. The number of halogens is 1. The largest absolute Gasteiger partial charge is 0.377 e. The summed E-state index contributed by atoms with van der Waals surface area (Å²) < 4.78 is 11.3. The molecule has 2 aromatic carbocycles. The van der Waals surface area contributed by atoms with E-state index in [-0.39, 0.29) is 30.1 Å². The highest BCUT2D eigenvalue weighted by Gasteiger charge is 2.14. The van der Waals surface area contributed by atoms with E-state index in [1.165, 1.54) is 11.1 Å². The lowest BCUT2D eigenvalue weighted by Gasteiger charge is -2.14. The van der Waals surface area contributed by atoms with Crippen LogP contribution in [0, 0.1) is 6.92 Å². The predicted octanol–water partition coefficient (Wildman–Crippen LogP) is 4.37. The van der Waals surface area contributed by atoms with Crippen molar-refractivity contribution in [1.82, 2.24) is 5.32 Å². The smallest absolute Gasteiger partial charge is 0.196 e. The zero-order valence-corrected chi connectivity index (χ0v) is 18.7. The summed E-state index contributed by atoms with van der Waals surface area (Å²) in [5, 5.41) is 6.70. The van der Waals surface area contributed by atoms with Crippen molar-refractivity contribution in [3.8, 4) is 0 Å². The van der Waals surface area contributed by atoms with Crippen LogP contribution in [0.4, 0.5) is 5.69 Å². The summed E-state index contributed by atoms with van der Waals surface area (Å²) in [6, 6.07) is 18.5. The molecule has 6 heteroatoms. The van der Waals surface area contributed by atoms with Gasteiger partial charge in [-0.05, 0) is 37.5 Å². The number of aliphatic imine (C=N–C) groups is 1. The summed E-state index contributed by atoms with van der Waals surface area (Å²) >= 11 is 0. The minimum absolute atomic E-state index is 0. The summed E-state index contributed by atoms with van der Waals surface area (Å²) in [6.07, 6.45) is 2.51. The van der Waals surface area contributed by atoms with Crippen molar-refractivity contribution < 1.29 is 9.47 Å². The number of rotatable bonds is 8. The Balaban J connectivity index is 0.00000280. The number of para-hydroxylation sites is 1. The van der Waals surface area contributed by atoms with Gasteiger partial charge in [-0.15, -0.1) is 24.0 Å². The van der Waals surface area contributed by atoms with Crippen molar-refractivity contribution in [2.24, 2.45) is 4.99 Å². The van der Waals surface area contributed by atoms with Gasteiger partial charge in [0, 0.05) is 18.8 Å². The molecule has 1 saturated heterocycles. The van der Waals surface area contributed by atoms with E-state index >= 15 is 0 Å². The Kier molecular flexibility index (Phi) is 10.3. The van der Waals surface area contributed by atoms with Gasteiger partial charge in [-0.3, -0.25) is 0 Å². The van der Waals surface area contributed by atoms with E-state index < -0.39 is 0 Å². The van der Waals surface area contributed by atoms with E-state index in [1.807, 2.05) is 30.3 Å². The molecule has 0 bridgehead atoms. The van der Waals surface area contributed by atoms with Gasteiger partial charge in [-0.2, -0.15) is 0 Å². The van der Waals surface area contributed by atoms with Crippen molar-refractivity contribution in [2.45, 2.75) is 32.4 Å². The van der Waals surface area contributed by atoms with Crippen LogP contribution in [0.5, 0.6) is 0 Å². The van der Waals surface area contributed by atoms with Gasteiger partial charge in [0.05, 0.1) is 25.9 Å². The fourth-order valence-electron chi connectivity index (χ4n) is 2.89. The average Bonchev–Trinajstić information content (AvgIpc) is 3.21. The Labute approximate surface area is 184 Å². The van der Waals surface area contributed by atoms with E-state index in [1.54, 1.807) is 0 Å². The van der Waals surface area contributed by atoms with Crippen LogP contribution >= 0.6 is 24.0 Å². The quantitative estimate of drug-likeness (QED) is 0.247. The molecule has 1 heterocycles. The van der Waals surface area contributed by atoms with Gasteiger partial charge in [-0.1, -0.05) is 48.0 Å². The lowest BCUT2D eigenvalue weighted by atomic mass is 10.1. The number of benzene rings is 2. The van der Waals surface area contributed by atoms with Crippen LogP contribution in [-0.2, 0) is 16.0 Å². The molecule has 0 spiro atoms. The van der Waals surface area contributed by atoms with Gasteiger partial charge in [0.25, 0.3) is 0 Å². The minimum Gasteiger partial charge on any atom is -0.377 e. The van der Waals surface area contributed by atoms with Gasteiger partial charge in [0.2, 0.25) is 0 Å². The zero-order chi connectivity index (χ0) is 18.7. The maximum Gasteiger partial charge on any atom is 0.196 e. The molecule has 0 saturated carbocycles. The van der Waals surface area contributed by atoms with Crippen molar-refractivity contribution in [3.05, 3.63) is 65.7 Å². The Morgan fingerprint density at radius 2 is 1.93 bits per heavy atom. The van der Waals surface area contributed by atoms with Crippen molar-refractivity contribution in [2.75, 3.05) is 31.7 Å². The van der Waals surface area contributed by atoms with Crippen LogP contribution in [0.2, 0.25) is 0 Å². The highest BCUT2D eigenvalue weighted by Crippen LogP contribution is 2.11. The molecule has 1 fully saturated rings. The van der Waals surface area contributed by atoms with Crippen LogP contribution < -0.4 is 10.6 Å². The number of guanidine groups is 1. The normalized spacial score (nSPS) is 16.5. The Morgan fingerprint density at radius 1 is 1.14 bits per heavy atom. The number of ether oxygens (including phenoxy) is 2. The van der Waals surface area contributed by atoms with Crippen LogP contribution in [0.15, 0.2) is 59.6 Å². The number of anilines is 1. The molecule has 1 unspecified atom stereocenters. The third-order valence-corrected chi connectivity index (χ3v) is 4.44. The standard InChI is InChI=1S/C22H29N3O2.HI/c1-18-9-11-19(12-10-18)16-24-22(25-20-6-3-2-4-7-20)23-13-15-26-17-21-8-5-14-27-21;/h2-4,6-7,9-12,21H,5,8,13-17H2,1H3,(H2,23,24,25);1H. The lowest BCUT2D eigenvalue weighted by molar-refractivity contribution is 0.0191. The zero-order valence-electron chi connectivity index (χ0n) is 16.4. The predicted molar refractivity (Wildman–Crippen MR) is 126 cm³/mol. The first-order chi connectivity index (χ1) is 13.3. The molecule has 152 valence electrons. The third-order valence-electron chi connectivity index (χ3n) is 4.44. The fraction of sp³-hybridized carbons (Fsp3) is 0.409. The first-order valence-corrected chi connectivity index (χ1v) is 9.65. The molecule has 1 aliphatic heterocycles. The van der Waals surface area contributed by atoms with E-state index in [4.69, 9.17) is 14.5 Å². The summed E-state index contributed by atoms with van der Waals surface area (Å²) in [5.41, 5.74) is 3.45. The first kappa shape index (κ1) is 22.6. The van der Waals surface area contributed by atoms with Crippen LogP contribution in [0.3, 0.4) is 0 Å². The number of hydrogen-bond acceptors (Lipinski definition) is 3. The number of nitrogens with one attached hydrogen (secondary N) is 2. The number of aryl methyl sites for hydroxylation is 1. The van der Waals surface area contributed by atoms with Crippen LogP contribution in [0.25, 0.3) is 0 Å². The van der Waals surface area contributed by atoms with Crippen LogP contribution in [0.1, 0.15) is 24.0 Å². The second-order valence-corrected chi connectivity index (χ2v) is 6.78. The minimum atomic E-state index is 0. The second kappa shape index (κ2) is 12.7. The molecule has 2 N–H and O–H groups in total. The van der Waals surface area contributed by atoms with Gasteiger partial charge >= 0.3 is 0 Å². The highest BCUT2D eigenvalue weighted by atomic mass is 127. The molecular weight excluding hydrogens is 465 g/mol. The van der Waals surface area contributed by atoms with Crippen LogP contribution in [-0.4, -0.2) is 38.4 Å². The van der Waals surface area contributed by atoms with Gasteiger partial charge in [0.15, 0.2) is 5.96 Å². The fourth-order valence-corrected chi connectivity index (χ4v) is 2.89. The molecule has 3 rings (SSSR count). The summed E-state index contributed by atoms with van der Waals surface area (Å²) in [6.45, 7) is 5.57. The molecule has 0 amide bonds. The van der Waals surface area contributed by atoms with Crippen molar-refractivity contribution in [3.63, 3.8) is 0 Å². The van der Waals surface area contributed by atoms with Crippen molar-refractivity contribution in [1.29, 1.82) is 0 Å². The maximum absolute atomic E-state index is 5.72. The molecule has 2 aromatic rings. The molecule has 0 radical (unpaired) electrons. The molecule has 1 aliphatic rings. The average molecular weight is 495 g/mol. The second-order valence-electron chi connectivity index (χ2n) is 6.78. The highest BCUT2D eigenvalue weighted by molar-refractivity contribution is 14.0. The maximum atomic E-state index is 5.72. The SMILES string of the molecule is Cc1ccc(CN=C(NCCOCC2CCCO2)Nc2ccccc2)cc1.I. The summed E-state index contributed by atoms with van der Waals surface area (Å²) in [4.78, 5) is 4.71. The topological polar surface area (TPSA) is 54.9 Å². The number of hydrogen-bond donors (Lipinski definition) is 2. The lowest BCUT2D eigenvalue weighted by Crippen LogP contribution is -2.34. The Morgan fingerprint density at radius 3 is 2.64 bits per heavy atom. The molecule has 0 aliphatic carbocycles. The van der Waals surface area contributed by atoms with E-state index in [0.29, 0.717) is 26.3 Å². The monoisotopic (exact) mass is 495 g/mol. The van der Waals surface area contributed by atoms with E-state index in [2.05, 4.69) is 41.8 Å². The summed E-state index contributed by atoms with van der Waals surface area (Å²) in [5.74, 6) is 0.752. The third kappa shape index (κ3) is 8.16. The van der Waals surface area contributed by atoms with E-state index in [9.17, 15) is 0 Å². The molecule has 5 nitrogen and oxygen atoms in total. The van der Waals surface area contributed by atoms with Crippen molar-refractivity contribution >= 4 is 35.6 Å². The summed E-state index contributed by atoms with van der Waals surface area (Å²) in [7, 11) is 0. The molecular formula is C22H30IN3O2. The van der Waals surface area contributed by atoms with Gasteiger partial charge < -0.3 is 20.1 Å². The van der Waals surface area contributed by atoms with Gasteiger partial charge in [0.1, 0.15) is 0 Å². The molecule has 28 heavy (non-hydrogen) atoms. The van der Waals surface area contributed by atoms with E-state index in [0.717, 1.165) is 31.1 Å². The Bertz CT molecular complexity index is 701. The molecule has 1 atom stereocenters. The van der Waals surface area contributed by atoms with Gasteiger partial charge in [-0.25, -0.2) is 4.99 Å². The Hall–Kier alpha value is -1.64. The number of nitrogens with zero attached hydrogens (tertiary/aromatic N) is 1. The first-order valence-electron chi connectivity index (χ1n) is 9.65.